The summed E-state index contributed by atoms with van der Waals surface area (Å²) in [5.41, 5.74) is 0.734. The Morgan fingerprint density at radius 1 is 1.16 bits per heavy atom. The van der Waals surface area contributed by atoms with Crippen molar-refractivity contribution < 1.29 is 22.8 Å². The van der Waals surface area contributed by atoms with Gasteiger partial charge >= 0.3 is 6.18 Å². The van der Waals surface area contributed by atoms with Crippen LogP contribution in [0.15, 0.2) is 12.5 Å². The number of piperazine rings is 1. The summed E-state index contributed by atoms with van der Waals surface area (Å²) < 4.78 is 38.8. The van der Waals surface area contributed by atoms with E-state index < -0.39 is 24.7 Å². The van der Waals surface area contributed by atoms with E-state index in [9.17, 15) is 22.8 Å². The number of halogens is 3. The van der Waals surface area contributed by atoms with E-state index in [2.05, 4.69) is 20.0 Å². The molecule has 13 heteroatoms. The summed E-state index contributed by atoms with van der Waals surface area (Å²) in [7, 11) is 1.81. The molecule has 2 aliphatic rings. The average molecular weight is 454 g/mol. The van der Waals surface area contributed by atoms with Crippen LogP contribution < -0.4 is 10.2 Å². The van der Waals surface area contributed by atoms with Gasteiger partial charge in [0.25, 0.3) is 0 Å². The maximum atomic E-state index is 12.8. The molecule has 10 nitrogen and oxygen atoms in total. The first-order chi connectivity index (χ1) is 15.2. The fraction of sp³-hybridized carbons (Fsp3) is 0.632. The third-order valence-electron chi connectivity index (χ3n) is 5.91. The minimum atomic E-state index is -4.46. The van der Waals surface area contributed by atoms with Crippen LogP contribution >= 0.6 is 0 Å². The molecule has 2 fully saturated rings. The Labute approximate surface area is 182 Å². The van der Waals surface area contributed by atoms with E-state index in [0.717, 1.165) is 16.9 Å². The van der Waals surface area contributed by atoms with Crippen molar-refractivity contribution in [1.82, 2.24) is 34.9 Å². The van der Waals surface area contributed by atoms with Gasteiger partial charge in [-0.15, -0.1) is 0 Å². The molecule has 0 radical (unpaired) electrons. The Balaban J connectivity index is 1.32. The topological polar surface area (TPSA) is 99.5 Å². The minimum Gasteiger partial charge on any atom is -0.352 e. The first-order valence-electron chi connectivity index (χ1n) is 10.5. The molecular weight excluding hydrogens is 429 g/mol. The first kappa shape index (κ1) is 22.2. The summed E-state index contributed by atoms with van der Waals surface area (Å²) in [5.74, 6) is -0.0350. The zero-order valence-corrected chi connectivity index (χ0v) is 17.7. The molecule has 174 valence electrons. The Bertz CT molecular complexity index is 987. The molecule has 2 saturated heterocycles. The predicted octanol–water partition coefficient (Wildman–Crippen LogP) is 0.155. The van der Waals surface area contributed by atoms with Gasteiger partial charge in [-0.1, -0.05) is 0 Å². The van der Waals surface area contributed by atoms with E-state index in [0.29, 0.717) is 45.6 Å². The van der Waals surface area contributed by atoms with Gasteiger partial charge < -0.3 is 15.1 Å². The van der Waals surface area contributed by atoms with Crippen molar-refractivity contribution in [2.75, 3.05) is 50.7 Å². The van der Waals surface area contributed by atoms with Gasteiger partial charge in [-0.3, -0.25) is 19.2 Å². The quantitative estimate of drug-likeness (QED) is 0.687. The third kappa shape index (κ3) is 4.76. The van der Waals surface area contributed by atoms with E-state index in [1.54, 1.807) is 20.7 Å². The number of hydrogen-bond donors (Lipinski definition) is 1. The SMILES string of the molecule is Cn1ncc2c(N3CCN(C(=O)CN4CCCC4C(=O)NCC(F)(F)F)CC3)ncnc21. The van der Waals surface area contributed by atoms with Gasteiger partial charge in [0, 0.05) is 33.2 Å². The van der Waals surface area contributed by atoms with Crippen LogP contribution in [-0.4, -0.2) is 99.4 Å². The van der Waals surface area contributed by atoms with Gasteiger partial charge in [0.1, 0.15) is 18.7 Å². The zero-order chi connectivity index (χ0) is 22.9. The molecule has 32 heavy (non-hydrogen) atoms. The van der Waals surface area contributed by atoms with E-state index >= 15 is 0 Å². The molecule has 0 spiro atoms. The molecule has 4 rings (SSSR count). The Morgan fingerprint density at radius 2 is 1.91 bits per heavy atom. The molecule has 1 atom stereocenters. The van der Waals surface area contributed by atoms with Crippen LogP contribution in [0.3, 0.4) is 0 Å². The van der Waals surface area contributed by atoms with Crippen molar-refractivity contribution >= 4 is 28.7 Å². The Morgan fingerprint density at radius 3 is 2.62 bits per heavy atom. The standard InChI is InChI=1S/C19H25F3N8O2/c1-27-16-13(9-26-27)17(25-12-24-16)29-7-5-28(6-8-29)15(31)10-30-4-2-3-14(30)18(32)23-11-19(20,21)22/h9,12,14H,2-8,10-11H2,1H3,(H,23,32). The van der Waals surface area contributed by atoms with E-state index in [4.69, 9.17) is 0 Å². The second-order valence-electron chi connectivity index (χ2n) is 8.03. The predicted molar refractivity (Wildman–Crippen MR) is 109 cm³/mol. The number of carbonyl (C=O) groups excluding carboxylic acids is 2. The van der Waals surface area contributed by atoms with Crippen LogP contribution in [0, 0.1) is 0 Å². The second-order valence-corrected chi connectivity index (χ2v) is 8.03. The monoisotopic (exact) mass is 454 g/mol. The van der Waals surface area contributed by atoms with Crippen molar-refractivity contribution in [3.8, 4) is 0 Å². The Hall–Kier alpha value is -2.96. The summed E-state index contributed by atoms with van der Waals surface area (Å²) in [6, 6.07) is -0.706. The smallest absolute Gasteiger partial charge is 0.352 e. The molecule has 2 aromatic rings. The van der Waals surface area contributed by atoms with Gasteiger partial charge in [0.05, 0.1) is 24.2 Å². The molecule has 2 aromatic heterocycles. The summed E-state index contributed by atoms with van der Waals surface area (Å²) in [6.45, 7) is 1.32. The first-order valence-corrected chi connectivity index (χ1v) is 10.5. The van der Waals surface area contributed by atoms with Crippen molar-refractivity contribution in [1.29, 1.82) is 0 Å². The molecular formula is C19H25F3N8O2. The van der Waals surface area contributed by atoms with Crippen molar-refractivity contribution in [3.05, 3.63) is 12.5 Å². The number of hydrogen-bond acceptors (Lipinski definition) is 7. The van der Waals surface area contributed by atoms with Crippen molar-refractivity contribution in [3.63, 3.8) is 0 Å². The highest BCUT2D eigenvalue weighted by molar-refractivity contribution is 5.87. The van der Waals surface area contributed by atoms with Gasteiger partial charge in [-0.2, -0.15) is 18.3 Å². The minimum absolute atomic E-state index is 0.0183. The number of rotatable bonds is 5. The third-order valence-corrected chi connectivity index (χ3v) is 5.91. The van der Waals surface area contributed by atoms with Crippen molar-refractivity contribution in [2.24, 2.45) is 7.05 Å². The summed E-state index contributed by atoms with van der Waals surface area (Å²) in [4.78, 5) is 39.1. The van der Waals surface area contributed by atoms with Crippen molar-refractivity contribution in [2.45, 2.75) is 25.1 Å². The molecule has 1 N–H and O–H groups in total. The van der Waals surface area contributed by atoms with Gasteiger partial charge in [0.2, 0.25) is 11.8 Å². The van der Waals surface area contributed by atoms with Gasteiger partial charge in [0.15, 0.2) is 5.65 Å². The summed E-state index contributed by atoms with van der Waals surface area (Å²) >= 11 is 0. The number of anilines is 1. The van der Waals surface area contributed by atoms with E-state index in [1.807, 2.05) is 12.4 Å². The molecule has 0 aliphatic carbocycles. The van der Waals surface area contributed by atoms with Crippen LogP contribution in [-0.2, 0) is 16.6 Å². The number of alkyl halides is 3. The maximum Gasteiger partial charge on any atom is 0.405 e. The number of aryl methyl sites for hydroxylation is 1. The highest BCUT2D eigenvalue weighted by atomic mass is 19.4. The molecule has 0 saturated carbocycles. The number of fused-ring (bicyclic) bond motifs is 1. The van der Waals surface area contributed by atoms with Crippen LogP contribution in [0.5, 0.6) is 0 Å². The lowest BCUT2D eigenvalue weighted by atomic mass is 10.2. The molecule has 0 bridgehead atoms. The number of aromatic nitrogens is 4. The van der Waals surface area contributed by atoms with Crippen LogP contribution in [0.4, 0.5) is 19.0 Å². The lowest BCUT2D eigenvalue weighted by Crippen LogP contribution is -2.53. The lowest BCUT2D eigenvalue weighted by molar-refractivity contribution is -0.142. The highest BCUT2D eigenvalue weighted by Gasteiger charge is 2.36. The Kier molecular flexibility index (Phi) is 6.17. The molecule has 2 aliphatic heterocycles. The molecule has 1 unspecified atom stereocenters. The fourth-order valence-electron chi connectivity index (χ4n) is 4.26. The second kappa shape index (κ2) is 8.88. The van der Waals surface area contributed by atoms with E-state index in [1.165, 1.54) is 6.33 Å². The van der Waals surface area contributed by atoms with Gasteiger partial charge in [-0.05, 0) is 19.4 Å². The highest BCUT2D eigenvalue weighted by Crippen LogP contribution is 2.24. The fourth-order valence-corrected chi connectivity index (χ4v) is 4.26. The number of likely N-dealkylation sites (tertiary alicyclic amines) is 1. The molecule has 4 heterocycles. The normalized spacial score (nSPS) is 20.2. The summed E-state index contributed by atoms with van der Waals surface area (Å²) in [6.07, 6.45) is -0.132. The van der Waals surface area contributed by atoms with Crippen LogP contribution in [0.25, 0.3) is 11.0 Å². The van der Waals surface area contributed by atoms with Crippen LogP contribution in [0.1, 0.15) is 12.8 Å². The largest absolute Gasteiger partial charge is 0.405 e. The molecule has 2 amide bonds. The van der Waals surface area contributed by atoms with Gasteiger partial charge in [-0.25, -0.2) is 9.97 Å². The van der Waals surface area contributed by atoms with E-state index in [-0.39, 0.29) is 12.5 Å². The number of nitrogens with zero attached hydrogens (tertiary/aromatic N) is 7. The summed E-state index contributed by atoms with van der Waals surface area (Å²) in [5, 5.41) is 7.00. The average Bonchev–Trinajstić information content (AvgIpc) is 3.38. The lowest BCUT2D eigenvalue weighted by Gasteiger charge is -2.36. The zero-order valence-electron chi connectivity index (χ0n) is 17.7. The number of nitrogens with one attached hydrogen (secondary N) is 1. The number of amides is 2. The molecule has 0 aromatic carbocycles. The number of carbonyl (C=O) groups is 2. The van der Waals surface area contributed by atoms with Crippen LogP contribution in [0.2, 0.25) is 0 Å². The maximum absolute atomic E-state index is 12.8.